The van der Waals surface area contributed by atoms with Crippen molar-refractivity contribution in [1.29, 1.82) is 0 Å². The molecular weight excluding hydrogens is 310 g/mol. The van der Waals surface area contributed by atoms with Crippen LogP contribution < -0.4 is 15.8 Å². The number of nitrogens with two attached hydrogens (primary N) is 1. The summed E-state index contributed by atoms with van der Waals surface area (Å²) in [5.41, 5.74) is 9.82. The number of hydrogen-bond donors (Lipinski definition) is 2. The highest BCUT2D eigenvalue weighted by atomic mass is 16.5. The minimum Gasteiger partial charge on any atom is -0.457 e. The first kappa shape index (κ1) is 16.2. The number of hydrogen-bond acceptors (Lipinski definition) is 4. The number of amidine groups is 1. The fourth-order valence-electron chi connectivity index (χ4n) is 3.76. The largest absolute Gasteiger partial charge is 0.457 e. The maximum atomic E-state index is 6.47. The lowest BCUT2D eigenvalue weighted by Crippen LogP contribution is -2.34. The van der Waals surface area contributed by atoms with Crippen LogP contribution in [0.2, 0.25) is 0 Å². The van der Waals surface area contributed by atoms with Gasteiger partial charge in [-0.25, -0.2) is 0 Å². The number of nitrogens with one attached hydrogen (secondary N) is 1. The van der Waals surface area contributed by atoms with Gasteiger partial charge in [-0.05, 0) is 30.5 Å². The number of para-hydroxylation sites is 1. The standard InChI is InChI=1S/C21H25N3O/c1-2-6-15(21-23-11-5-12-24-21)14-9-10-17-19(13-14)25-18-8-4-3-7-16(18)20(17)22/h3-4,7-10,13,15,20H,2,5-6,11-12,22H2,1H3,(H,23,24). The molecule has 0 radical (unpaired) electrons. The van der Waals surface area contributed by atoms with E-state index in [4.69, 9.17) is 15.5 Å². The van der Waals surface area contributed by atoms with Gasteiger partial charge in [0, 0.05) is 30.1 Å². The Morgan fingerprint density at radius 1 is 1.20 bits per heavy atom. The van der Waals surface area contributed by atoms with Crippen molar-refractivity contribution in [3.63, 3.8) is 0 Å². The molecule has 0 aliphatic carbocycles. The van der Waals surface area contributed by atoms with E-state index in [0.717, 1.165) is 60.8 Å². The van der Waals surface area contributed by atoms with E-state index in [9.17, 15) is 0 Å². The zero-order chi connectivity index (χ0) is 17.2. The summed E-state index contributed by atoms with van der Waals surface area (Å²) in [5, 5.41) is 3.49. The molecule has 2 atom stereocenters. The molecule has 3 N–H and O–H groups in total. The van der Waals surface area contributed by atoms with E-state index in [1.807, 2.05) is 24.3 Å². The van der Waals surface area contributed by atoms with Crippen molar-refractivity contribution in [2.24, 2.45) is 10.7 Å². The van der Waals surface area contributed by atoms with Gasteiger partial charge in [-0.1, -0.05) is 43.7 Å². The highest BCUT2D eigenvalue weighted by molar-refractivity contribution is 5.89. The molecule has 4 nitrogen and oxygen atoms in total. The third-order valence-electron chi connectivity index (χ3n) is 5.08. The van der Waals surface area contributed by atoms with Gasteiger partial charge in [0.25, 0.3) is 0 Å². The first-order valence-corrected chi connectivity index (χ1v) is 9.22. The molecule has 0 aromatic heterocycles. The summed E-state index contributed by atoms with van der Waals surface area (Å²) in [6, 6.07) is 14.4. The third kappa shape index (κ3) is 3.02. The van der Waals surface area contributed by atoms with E-state index in [0.29, 0.717) is 5.92 Å². The molecule has 0 spiro atoms. The molecule has 0 amide bonds. The van der Waals surface area contributed by atoms with Crippen LogP contribution in [-0.2, 0) is 0 Å². The van der Waals surface area contributed by atoms with Crippen LogP contribution in [0.3, 0.4) is 0 Å². The first-order valence-electron chi connectivity index (χ1n) is 9.22. The summed E-state index contributed by atoms with van der Waals surface area (Å²) in [6.07, 6.45) is 3.31. The molecular formula is C21H25N3O. The second kappa shape index (κ2) is 6.89. The lowest BCUT2D eigenvalue weighted by atomic mass is 9.88. The van der Waals surface area contributed by atoms with Crippen molar-refractivity contribution in [3.8, 4) is 11.5 Å². The summed E-state index contributed by atoms with van der Waals surface area (Å²) in [4.78, 5) is 4.73. The van der Waals surface area contributed by atoms with Crippen molar-refractivity contribution >= 4 is 5.84 Å². The molecule has 4 rings (SSSR count). The Hall–Kier alpha value is -2.33. The maximum absolute atomic E-state index is 6.47. The highest BCUT2D eigenvalue weighted by Gasteiger charge is 2.26. The minimum absolute atomic E-state index is 0.135. The molecule has 130 valence electrons. The molecule has 0 fully saturated rings. The molecule has 4 heteroatoms. The van der Waals surface area contributed by atoms with Crippen molar-refractivity contribution in [3.05, 3.63) is 59.2 Å². The van der Waals surface area contributed by atoms with E-state index in [1.165, 1.54) is 5.56 Å². The fraction of sp³-hybridized carbons (Fsp3) is 0.381. The molecule has 0 saturated heterocycles. The van der Waals surface area contributed by atoms with Crippen LogP contribution in [0.15, 0.2) is 47.5 Å². The van der Waals surface area contributed by atoms with Crippen molar-refractivity contribution in [2.75, 3.05) is 13.1 Å². The van der Waals surface area contributed by atoms with Gasteiger partial charge in [0.05, 0.1) is 6.04 Å². The topological polar surface area (TPSA) is 59.6 Å². The molecule has 2 aromatic carbocycles. The number of nitrogens with zero attached hydrogens (tertiary/aromatic N) is 1. The maximum Gasteiger partial charge on any atom is 0.132 e. The van der Waals surface area contributed by atoms with Crippen LogP contribution in [0.5, 0.6) is 11.5 Å². The summed E-state index contributed by atoms with van der Waals surface area (Å²) in [6.45, 7) is 4.15. The van der Waals surface area contributed by atoms with Gasteiger partial charge in [0.15, 0.2) is 0 Å². The summed E-state index contributed by atoms with van der Waals surface area (Å²) < 4.78 is 6.16. The SMILES string of the molecule is CCCC(C1=NCCCN1)c1ccc2c(c1)Oc1ccccc1C2N. The van der Waals surface area contributed by atoms with Gasteiger partial charge in [0.1, 0.15) is 17.3 Å². The molecule has 2 heterocycles. The zero-order valence-corrected chi connectivity index (χ0v) is 14.7. The summed E-state index contributed by atoms with van der Waals surface area (Å²) in [7, 11) is 0. The molecule has 2 aliphatic heterocycles. The third-order valence-corrected chi connectivity index (χ3v) is 5.08. The smallest absolute Gasteiger partial charge is 0.132 e. The van der Waals surface area contributed by atoms with Crippen molar-refractivity contribution in [1.82, 2.24) is 5.32 Å². The number of ether oxygens (including phenoxy) is 1. The van der Waals surface area contributed by atoms with E-state index in [-0.39, 0.29) is 6.04 Å². The van der Waals surface area contributed by atoms with Crippen LogP contribution in [0.1, 0.15) is 54.8 Å². The first-order chi connectivity index (χ1) is 12.3. The average molecular weight is 335 g/mol. The second-order valence-corrected chi connectivity index (χ2v) is 6.80. The lowest BCUT2D eigenvalue weighted by Gasteiger charge is -2.28. The average Bonchev–Trinajstić information content (AvgIpc) is 2.66. The molecule has 2 aliphatic rings. The van der Waals surface area contributed by atoms with Gasteiger partial charge in [-0.15, -0.1) is 0 Å². The molecule has 0 bridgehead atoms. The molecule has 0 saturated carbocycles. The monoisotopic (exact) mass is 335 g/mol. The fourth-order valence-corrected chi connectivity index (χ4v) is 3.76. The molecule has 2 unspecified atom stereocenters. The predicted octanol–water partition coefficient (Wildman–Crippen LogP) is 4.12. The predicted molar refractivity (Wildman–Crippen MR) is 102 cm³/mol. The number of benzene rings is 2. The van der Waals surface area contributed by atoms with Crippen LogP contribution in [0.4, 0.5) is 0 Å². The highest BCUT2D eigenvalue weighted by Crippen LogP contribution is 2.42. The van der Waals surface area contributed by atoms with Crippen LogP contribution in [-0.4, -0.2) is 18.9 Å². The second-order valence-electron chi connectivity index (χ2n) is 6.80. The zero-order valence-electron chi connectivity index (χ0n) is 14.7. The quantitative estimate of drug-likeness (QED) is 0.884. The minimum atomic E-state index is -0.135. The Morgan fingerprint density at radius 2 is 2.04 bits per heavy atom. The molecule has 25 heavy (non-hydrogen) atoms. The Balaban J connectivity index is 1.70. The van der Waals surface area contributed by atoms with Gasteiger partial charge < -0.3 is 15.8 Å². The molecule has 2 aromatic rings. The van der Waals surface area contributed by atoms with E-state index in [2.05, 4.69) is 30.4 Å². The lowest BCUT2D eigenvalue weighted by molar-refractivity contribution is 0.446. The van der Waals surface area contributed by atoms with Gasteiger partial charge in [0.2, 0.25) is 0 Å². The number of aliphatic imine (C=N–C) groups is 1. The van der Waals surface area contributed by atoms with Gasteiger partial charge in [-0.2, -0.15) is 0 Å². The van der Waals surface area contributed by atoms with Crippen LogP contribution >= 0.6 is 0 Å². The van der Waals surface area contributed by atoms with E-state index < -0.39 is 0 Å². The Kier molecular flexibility index (Phi) is 4.45. The normalized spacial score (nSPS) is 19.8. The van der Waals surface area contributed by atoms with Gasteiger partial charge in [-0.3, -0.25) is 4.99 Å². The summed E-state index contributed by atoms with van der Waals surface area (Å²) in [5.74, 6) is 3.15. The Bertz CT molecular complexity index is 799. The van der Waals surface area contributed by atoms with Crippen LogP contribution in [0.25, 0.3) is 0 Å². The van der Waals surface area contributed by atoms with E-state index in [1.54, 1.807) is 0 Å². The van der Waals surface area contributed by atoms with Crippen molar-refractivity contribution < 1.29 is 4.74 Å². The van der Waals surface area contributed by atoms with E-state index >= 15 is 0 Å². The Morgan fingerprint density at radius 3 is 2.84 bits per heavy atom. The number of fused-ring (bicyclic) bond motifs is 2. The Labute approximate surface area is 149 Å². The summed E-state index contributed by atoms with van der Waals surface area (Å²) >= 11 is 0. The van der Waals surface area contributed by atoms with Gasteiger partial charge >= 0.3 is 0 Å². The van der Waals surface area contributed by atoms with Crippen LogP contribution in [0, 0.1) is 0 Å². The van der Waals surface area contributed by atoms with Crippen molar-refractivity contribution in [2.45, 2.75) is 38.1 Å². The number of rotatable bonds is 4.